The number of halogens is 2. The van der Waals surface area contributed by atoms with Gasteiger partial charge in [0.1, 0.15) is 22.9 Å². The molecule has 8 nitrogen and oxygen atoms in total. The summed E-state index contributed by atoms with van der Waals surface area (Å²) in [6.45, 7) is 6.00. The standard InChI is InChI=1S/C25H27BrFN3O5/c1-25(2,3)35-24(33)30-12-14-9-15(10-19(27)17(14)13-30)34-21-6-4-5-18(26)16(21)11-28-20-7-8-22(31)29-23(20)32/h4-6,9-10,20,28H,7-8,11-13H2,1-3H3,(H,29,31,32). The number of nitrogens with one attached hydrogen (secondary N) is 2. The first-order valence-corrected chi connectivity index (χ1v) is 12.1. The smallest absolute Gasteiger partial charge is 0.410 e. The Morgan fingerprint density at radius 3 is 2.74 bits per heavy atom. The average Bonchev–Trinajstić information content (AvgIpc) is 3.18. The molecule has 0 aliphatic carbocycles. The van der Waals surface area contributed by atoms with Crippen LogP contribution < -0.4 is 15.4 Å². The second-order valence-corrected chi connectivity index (χ2v) is 10.4. The number of piperidine rings is 1. The molecule has 0 saturated carbocycles. The van der Waals surface area contributed by atoms with Crippen LogP contribution >= 0.6 is 15.9 Å². The molecule has 1 unspecified atom stereocenters. The zero-order chi connectivity index (χ0) is 25.3. The Morgan fingerprint density at radius 2 is 2.03 bits per heavy atom. The van der Waals surface area contributed by atoms with Crippen LogP contribution in [-0.4, -0.2) is 34.5 Å². The highest BCUT2D eigenvalue weighted by Gasteiger charge is 2.30. The van der Waals surface area contributed by atoms with Gasteiger partial charge in [0.2, 0.25) is 11.8 Å². The summed E-state index contributed by atoms with van der Waals surface area (Å²) in [7, 11) is 0. The average molecular weight is 548 g/mol. The molecule has 186 valence electrons. The summed E-state index contributed by atoms with van der Waals surface area (Å²) in [5.74, 6) is -0.303. The Labute approximate surface area is 211 Å². The third-order valence-corrected chi connectivity index (χ3v) is 6.43. The van der Waals surface area contributed by atoms with Crippen molar-refractivity contribution in [3.05, 3.63) is 57.3 Å². The van der Waals surface area contributed by atoms with E-state index in [1.165, 1.54) is 11.0 Å². The summed E-state index contributed by atoms with van der Waals surface area (Å²) >= 11 is 3.52. The van der Waals surface area contributed by atoms with E-state index in [0.29, 0.717) is 35.6 Å². The second-order valence-electron chi connectivity index (χ2n) is 9.58. The highest BCUT2D eigenvalue weighted by atomic mass is 79.9. The zero-order valence-corrected chi connectivity index (χ0v) is 21.3. The predicted octanol–water partition coefficient (Wildman–Crippen LogP) is 4.53. The van der Waals surface area contributed by atoms with Crippen molar-refractivity contribution >= 4 is 33.8 Å². The lowest BCUT2D eigenvalue weighted by Gasteiger charge is -2.24. The van der Waals surface area contributed by atoms with E-state index in [-0.39, 0.29) is 31.3 Å². The van der Waals surface area contributed by atoms with Crippen LogP contribution in [0.25, 0.3) is 0 Å². The van der Waals surface area contributed by atoms with Crippen molar-refractivity contribution in [1.29, 1.82) is 0 Å². The van der Waals surface area contributed by atoms with E-state index in [1.807, 2.05) is 6.07 Å². The summed E-state index contributed by atoms with van der Waals surface area (Å²) in [6.07, 6.45) is 0.191. The molecule has 1 fully saturated rings. The Balaban J connectivity index is 1.49. The summed E-state index contributed by atoms with van der Waals surface area (Å²) in [4.78, 5) is 37.3. The molecule has 2 N–H and O–H groups in total. The van der Waals surface area contributed by atoms with Crippen LogP contribution in [0.5, 0.6) is 11.5 Å². The fourth-order valence-electron chi connectivity index (χ4n) is 4.00. The van der Waals surface area contributed by atoms with Crippen LogP contribution in [0.1, 0.15) is 50.3 Å². The van der Waals surface area contributed by atoms with Crippen molar-refractivity contribution in [2.24, 2.45) is 0 Å². The third kappa shape index (κ3) is 5.99. The van der Waals surface area contributed by atoms with Crippen molar-refractivity contribution in [3.8, 4) is 11.5 Å². The van der Waals surface area contributed by atoms with Crippen LogP contribution in [0.2, 0.25) is 0 Å². The van der Waals surface area contributed by atoms with Gasteiger partial charge in [-0.3, -0.25) is 19.8 Å². The first kappa shape index (κ1) is 25.1. The summed E-state index contributed by atoms with van der Waals surface area (Å²) in [5, 5.41) is 5.49. The fourth-order valence-corrected chi connectivity index (χ4v) is 4.49. The molecule has 3 amide bonds. The van der Waals surface area contributed by atoms with Crippen molar-refractivity contribution in [2.45, 2.75) is 64.9 Å². The van der Waals surface area contributed by atoms with Gasteiger partial charge >= 0.3 is 6.09 Å². The monoisotopic (exact) mass is 547 g/mol. The van der Waals surface area contributed by atoms with Gasteiger partial charge in [0.15, 0.2) is 0 Å². The van der Waals surface area contributed by atoms with Gasteiger partial charge in [0, 0.05) is 41.2 Å². The minimum absolute atomic E-state index is 0.133. The molecule has 0 spiro atoms. The van der Waals surface area contributed by atoms with Gasteiger partial charge in [0.05, 0.1) is 12.6 Å². The van der Waals surface area contributed by atoms with Crippen molar-refractivity contribution < 1.29 is 28.2 Å². The number of nitrogens with zero attached hydrogens (tertiary/aromatic N) is 1. The van der Waals surface area contributed by atoms with E-state index in [1.54, 1.807) is 39.0 Å². The summed E-state index contributed by atoms with van der Waals surface area (Å²) < 4.78 is 27.1. The molecule has 2 aliphatic heterocycles. The largest absolute Gasteiger partial charge is 0.457 e. The molecule has 1 atom stereocenters. The number of hydrogen-bond donors (Lipinski definition) is 2. The Kier molecular flexibility index (Phi) is 7.14. The maximum absolute atomic E-state index is 14.9. The number of ether oxygens (including phenoxy) is 2. The molecular weight excluding hydrogens is 521 g/mol. The molecule has 4 rings (SSSR count). The molecular formula is C25H27BrFN3O5. The van der Waals surface area contributed by atoms with Crippen molar-refractivity contribution in [2.75, 3.05) is 0 Å². The maximum atomic E-state index is 14.9. The lowest BCUT2D eigenvalue weighted by molar-refractivity contribution is -0.134. The van der Waals surface area contributed by atoms with Gasteiger partial charge in [-0.25, -0.2) is 9.18 Å². The maximum Gasteiger partial charge on any atom is 0.410 e. The van der Waals surface area contributed by atoms with Crippen molar-refractivity contribution in [3.63, 3.8) is 0 Å². The molecule has 2 heterocycles. The van der Waals surface area contributed by atoms with E-state index >= 15 is 0 Å². The quantitative estimate of drug-likeness (QED) is 0.534. The second kappa shape index (κ2) is 9.94. The Bertz CT molecular complexity index is 1180. The van der Waals surface area contributed by atoms with Crippen LogP contribution in [0.15, 0.2) is 34.8 Å². The highest BCUT2D eigenvalue weighted by molar-refractivity contribution is 9.10. The molecule has 2 aromatic rings. The van der Waals surface area contributed by atoms with E-state index in [9.17, 15) is 18.8 Å². The van der Waals surface area contributed by atoms with Gasteiger partial charge in [-0.15, -0.1) is 0 Å². The normalized spacial score (nSPS) is 17.7. The topological polar surface area (TPSA) is 97.0 Å². The van der Waals surface area contributed by atoms with Gasteiger partial charge in [0.25, 0.3) is 0 Å². The molecule has 2 aromatic carbocycles. The molecule has 10 heteroatoms. The number of fused-ring (bicyclic) bond motifs is 1. The first-order chi connectivity index (χ1) is 16.5. The van der Waals surface area contributed by atoms with Crippen LogP contribution in [-0.2, 0) is 34.0 Å². The molecule has 0 bridgehead atoms. The zero-order valence-electron chi connectivity index (χ0n) is 19.7. The van der Waals surface area contributed by atoms with E-state index in [2.05, 4.69) is 26.6 Å². The first-order valence-electron chi connectivity index (χ1n) is 11.3. The van der Waals surface area contributed by atoms with E-state index < -0.39 is 23.6 Å². The van der Waals surface area contributed by atoms with Crippen LogP contribution in [0, 0.1) is 5.82 Å². The van der Waals surface area contributed by atoms with Gasteiger partial charge in [-0.05, 0) is 51.0 Å². The summed E-state index contributed by atoms with van der Waals surface area (Å²) in [6, 6.07) is 7.92. The number of hydrogen-bond acceptors (Lipinski definition) is 6. The number of benzene rings is 2. The lowest BCUT2D eigenvalue weighted by Crippen LogP contribution is -2.50. The third-order valence-electron chi connectivity index (χ3n) is 5.69. The molecule has 2 aliphatic rings. The number of imide groups is 1. The lowest BCUT2D eigenvalue weighted by atomic mass is 10.1. The van der Waals surface area contributed by atoms with Gasteiger partial charge in [-0.1, -0.05) is 22.0 Å². The van der Waals surface area contributed by atoms with Gasteiger partial charge < -0.3 is 14.8 Å². The number of carbonyl (C=O) groups is 3. The number of rotatable bonds is 5. The van der Waals surface area contributed by atoms with E-state index in [0.717, 1.165) is 10.0 Å². The molecule has 0 radical (unpaired) electrons. The van der Waals surface area contributed by atoms with Gasteiger partial charge in [-0.2, -0.15) is 0 Å². The Morgan fingerprint density at radius 1 is 1.26 bits per heavy atom. The van der Waals surface area contributed by atoms with Crippen LogP contribution in [0.3, 0.4) is 0 Å². The molecule has 1 saturated heterocycles. The van der Waals surface area contributed by atoms with Crippen molar-refractivity contribution in [1.82, 2.24) is 15.5 Å². The summed E-state index contributed by atoms with van der Waals surface area (Å²) in [5.41, 5.74) is 1.20. The minimum Gasteiger partial charge on any atom is -0.457 e. The van der Waals surface area contributed by atoms with E-state index in [4.69, 9.17) is 9.47 Å². The minimum atomic E-state index is -0.641. The number of amides is 3. The SMILES string of the molecule is CC(C)(C)OC(=O)N1Cc2cc(Oc3cccc(Br)c3CNC3CCC(=O)NC3=O)cc(F)c2C1. The molecule has 35 heavy (non-hydrogen) atoms. The van der Waals surface area contributed by atoms with Crippen LogP contribution in [0.4, 0.5) is 9.18 Å². The predicted molar refractivity (Wildman–Crippen MR) is 129 cm³/mol. The Hall–Kier alpha value is -2.98. The number of carbonyl (C=O) groups excluding carboxylic acids is 3. The highest BCUT2D eigenvalue weighted by Crippen LogP contribution is 2.35. The fraction of sp³-hybridized carbons (Fsp3) is 0.400. The molecule has 0 aromatic heterocycles.